The average molecular weight is 331 g/mol. The van der Waals surface area contributed by atoms with Gasteiger partial charge in [0.25, 0.3) is 5.91 Å². The first-order valence-electron chi connectivity index (χ1n) is 8.67. The Hall–Kier alpha value is -1.92. The average Bonchev–Trinajstić information content (AvgIpc) is 3.01. The molecule has 2 fully saturated rings. The van der Waals surface area contributed by atoms with Crippen LogP contribution in [0.1, 0.15) is 28.8 Å². The van der Waals surface area contributed by atoms with Crippen molar-refractivity contribution in [2.75, 3.05) is 45.9 Å². The van der Waals surface area contributed by atoms with Crippen LogP contribution in [0.25, 0.3) is 0 Å². The maximum atomic E-state index is 12.2. The van der Waals surface area contributed by atoms with Crippen molar-refractivity contribution in [3.63, 3.8) is 0 Å². The number of nitrogens with one attached hydrogen (secondary N) is 1. The Labute approximate surface area is 142 Å². The highest BCUT2D eigenvalue weighted by Crippen LogP contribution is 2.14. The zero-order valence-corrected chi connectivity index (χ0v) is 14.0. The minimum Gasteiger partial charge on any atom is -0.379 e. The molecule has 1 aromatic rings. The van der Waals surface area contributed by atoms with Gasteiger partial charge in [-0.1, -0.05) is 12.1 Å². The molecule has 3 rings (SSSR count). The van der Waals surface area contributed by atoms with Gasteiger partial charge < -0.3 is 15.0 Å². The fraction of sp³-hybridized carbons (Fsp3) is 0.556. The van der Waals surface area contributed by atoms with E-state index in [1.165, 1.54) is 0 Å². The second-order valence-corrected chi connectivity index (χ2v) is 6.33. The number of hydrogen-bond donors (Lipinski definition) is 1. The van der Waals surface area contributed by atoms with Crippen LogP contribution in [-0.4, -0.2) is 67.6 Å². The van der Waals surface area contributed by atoms with Crippen LogP contribution < -0.4 is 5.32 Å². The molecule has 6 heteroatoms. The highest BCUT2D eigenvalue weighted by Gasteiger charge is 2.20. The summed E-state index contributed by atoms with van der Waals surface area (Å²) in [5.41, 5.74) is 1.73. The zero-order valence-electron chi connectivity index (χ0n) is 14.0. The highest BCUT2D eigenvalue weighted by atomic mass is 16.5. The molecule has 0 spiro atoms. The van der Waals surface area contributed by atoms with Gasteiger partial charge in [-0.2, -0.15) is 0 Å². The summed E-state index contributed by atoms with van der Waals surface area (Å²) in [6.07, 6.45) is 1.60. The SMILES string of the molecule is O=C(NCCN1CCOCC1)c1ccc(CN2CCCC2=O)cc1. The van der Waals surface area contributed by atoms with Crippen LogP contribution in [0, 0.1) is 0 Å². The van der Waals surface area contributed by atoms with E-state index in [9.17, 15) is 9.59 Å². The Bertz CT molecular complexity index is 567. The van der Waals surface area contributed by atoms with Gasteiger partial charge in [0.05, 0.1) is 13.2 Å². The van der Waals surface area contributed by atoms with E-state index in [-0.39, 0.29) is 11.8 Å². The van der Waals surface area contributed by atoms with Gasteiger partial charge in [-0.3, -0.25) is 14.5 Å². The minimum absolute atomic E-state index is 0.0490. The van der Waals surface area contributed by atoms with Crippen molar-refractivity contribution in [1.82, 2.24) is 15.1 Å². The number of morpholine rings is 1. The fourth-order valence-corrected chi connectivity index (χ4v) is 3.11. The van der Waals surface area contributed by atoms with Crippen molar-refractivity contribution < 1.29 is 14.3 Å². The van der Waals surface area contributed by atoms with Gasteiger partial charge in [0.1, 0.15) is 0 Å². The molecule has 2 aliphatic rings. The lowest BCUT2D eigenvalue weighted by Gasteiger charge is -2.26. The highest BCUT2D eigenvalue weighted by molar-refractivity contribution is 5.94. The van der Waals surface area contributed by atoms with Crippen LogP contribution in [0.15, 0.2) is 24.3 Å². The number of nitrogens with zero attached hydrogens (tertiary/aromatic N) is 2. The molecule has 1 N–H and O–H groups in total. The predicted molar refractivity (Wildman–Crippen MR) is 90.7 cm³/mol. The molecule has 0 radical (unpaired) electrons. The van der Waals surface area contributed by atoms with Gasteiger partial charge in [0.2, 0.25) is 5.91 Å². The number of hydrogen-bond acceptors (Lipinski definition) is 4. The standard InChI is InChI=1S/C18H25N3O3/c22-17-2-1-8-21(17)14-15-3-5-16(6-4-15)18(23)19-7-9-20-10-12-24-13-11-20/h3-6H,1-2,7-14H2,(H,19,23). The summed E-state index contributed by atoms with van der Waals surface area (Å²) in [6, 6.07) is 7.53. The molecule has 0 bridgehead atoms. The number of rotatable bonds is 6. The van der Waals surface area contributed by atoms with Gasteiger partial charge in [0.15, 0.2) is 0 Å². The van der Waals surface area contributed by atoms with Crippen LogP contribution in [0.4, 0.5) is 0 Å². The van der Waals surface area contributed by atoms with E-state index in [1.807, 2.05) is 29.2 Å². The van der Waals surface area contributed by atoms with Crippen LogP contribution in [0.3, 0.4) is 0 Å². The molecule has 2 amide bonds. The molecular formula is C18H25N3O3. The van der Waals surface area contributed by atoms with Gasteiger partial charge in [-0.05, 0) is 24.1 Å². The third-order valence-electron chi connectivity index (χ3n) is 4.58. The molecule has 0 atom stereocenters. The first kappa shape index (κ1) is 16.9. The summed E-state index contributed by atoms with van der Waals surface area (Å²) in [7, 11) is 0. The van der Waals surface area contributed by atoms with Crippen LogP contribution >= 0.6 is 0 Å². The Kier molecular flexibility index (Phi) is 5.82. The molecule has 24 heavy (non-hydrogen) atoms. The number of likely N-dealkylation sites (tertiary alicyclic amines) is 1. The lowest BCUT2D eigenvalue weighted by molar-refractivity contribution is -0.128. The Balaban J connectivity index is 1.44. The molecule has 0 unspecified atom stereocenters. The second-order valence-electron chi connectivity index (χ2n) is 6.33. The van der Waals surface area contributed by atoms with E-state index < -0.39 is 0 Å². The molecule has 6 nitrogen and oxygen atoms in total. The number of amides is 2. The lowest BCUT2D eigenvalue weighted by atomic mass is 10.1. The van der Waals surface area contributed by atoms with Crippen molar-refractivity contribution in [3.8, 4) is 0 Å². The van der Waals surface area contributed by atoms with Gasteiger partial charge in [-0.25, -0.2) is 0 Å². The van der Waals surface area contributed by atoms with E-state index in [0.717, 1.165) is 51.4 Å². The normalized spacial score (nSPS) is 18.8. The van der Waals surface area contributed by atoms with Crippen molar-refractivity contribution >= 4 is 11.8 Å². The van der Waals surface area contributed by atoms with Gasteiger partial charge >= 0.3 is 0 Å². The molecule has 130 valence electrons. The van der Waals surface area contributed by atoms with Crippen LogP contribution in [0.2, 0.25) is 0 Å². The number of carbonyl (C=O) groups is 2. The van der Waals surface area contributed by atoms with Crippen molar-refractivity contribution in [3.05, 3.63) is 35.4 Å². The first-order chi connectivity index (χ1) is 11.7. The summed E-state index contributed by atoms with van der Waals surface area (Å²) in [5.74, 6) is 0.173. The molecule has 0 aromatic heterocycles. The predicted octanol–water partition coefficient (Wildman–Crippen LogP) is 0.871. The topological polar surface area (TPSA) is 61.9 Å². The third kappa shape index (κ3) is 4.55. The second kappa shape index (κ2) is 8.26. The number of carbonyl (C=O) groups excluding carboxylic acids is 2. The van der Waals surface area contributed by atoms with E-state index in [4.69, 9.17) is 4.74 Å². The maximum absolute atomic E-state index is 12.2. The number of benzene rings is 1. The van der Waals surface area contributed by atoms with Crippen molar-refractivity contribution in [2.45, 2.75) is 19.4 Å². The van der Waals surface area contributed by atoms with Crippen molar-refractivity contribution in [1.29, 1.82) is 0 Å². The maximum Gasteiger partial charge on any atom is 0.251 e. The van der Waals surface area contributed by atoms with Crippen molar-refractivity contribution in [2.24, 2.45) is 0 Å². The summed E-state index contributed by atoms with van der Waals surface area (Å²) in [6.45, 7) is 6.37. The summed E-state index contributed by atoms with van der Waals surface area (Å²) >= 11 is 0. The lowest BCUT2D eigenvalue weighted by Crippen LogP contribution is -2.41. The zero-order chi connectivity index (χ0) is 16.8. The quantitative estimate of drug-likeness (QED) is 0.840. The molecule has 2 aliphatic heterocycles. The van der Waals surface area contributed by atoms with E-state index >= 15 is 0 Å². The molecule has 2 saturated heterocycles. The molecule has 2 heterocycles. The Morgan fingerprint density at radius 1 is 1.12 bits per heavy atom. The van der Waals surface area contributed by atoms with E-state index in [1.54, 1.807) is 0 Å². The molecule has 0 aliphatic carbocycles. The minimum atomic E-state index is -0.0490. The van der Waals surface area contributed by atoms with E-state index in [0.29, 0.717) is 25.1 Å². The smallest absolute Gasteiger partial charge is 0.251 e. The molecular weight excluding hydrogens is 306 g/mol. The van der Waals surface area contributed by atoms with Gasteiger partial charge in [-0.15, -0.1) is 0 Å². The Morgan fingerprint density at radius 3 is 2.54 bits per heavy atom. The van der Waals surface area contributed by atoms with Crippen LogP contribution in [0.5, 0.6) is 0 Å². The summed E-state index contributed by atoms with van der Waals surface area (Å²) in [5, 5.41) is 2.96. The molecule has 1 aromatic carbocycles. The van der Waals surface area contributed by atoms with E-state index in [2.05, 4.69) is 10.2 Å². The monoisotopic (exact) mass is 331 g/mol. The fourth-order valence-electron chi connectivity index (χ4n) is 3.11. The summed E-state index contributed by atoms with van der Waals surface area (Å²) < 4.78 is 5.31. The van der Waals surface area contributed by atoms with Crippen LogP contribution in [-0.2, 0) is 16.1 Å². The largest absolute Gasteiger partial charge is 0.379 e. The molecule has 0 saturated carbocycles. The first-order valence-corrected chi connectivity index (χ1v) is 8.67. The summed E-state index contributed by atoms with van der Waals surface area (Å²) in [4.78, 5) is 28.0. The third-order valence-corrected chi connectivity index (χ3v) is 4.58. The Morgan fingerprint density at radius 2 is 1.88 bits per heavy atom. The number of ether oxygens (including phenoxy) is 1. The van der Waals surface area contributed by atoms with Gasteiger partial charge in [0, 0.05) is 51.3 Å².